The zero-order valence-electron chi connectivity index (χ0n) is 17.8. The number of benzene rings is 3. The van der Waals surface area contributed by atoms with Crippen LogP contribution >= 0.6 is 0 Å². The van der Waals surface area contributed by atoms with Gasteiger partial charge in [0.1, 0.15) is 24.7 Å². The largest absolute Gasteiger partial charge is 0.497 e. The van der Waals surface area contributed by atoms with E-state index in [9.17, 15) is 0 Å². The van der Waals surface area contributed by atoms with Crippen molar-refractivity contribution in [2.75, 3.05) is 27.4 Å². The van der Waals surface area contributed by atoms with Crippen LogP contribution in [0.4, 0.5) is 0 Å². The summed E-state index contributed by atoms with van der Waals surface area (Å²) in [4.78, 5) is 0. The Bertz CT molecular complexity index is 1300. The van der Waals surface area contributed by atoms with Gasteiger partial charge in [-0.05, 0) is 48.5 Å². The van der Waals surface area contributed by atoms with E-state index in [0.717, 1.165) is 28.0 Å². The summed E-state index contributed by atoms with van der Waals surface area (Å²) < 4.78 is 21.8. The van der Waals surface area contributed by atoms with Gasteiger partial charge in [-0.3, -0.25) is 0 Å². The molecule has 4 nitrogen and oxygen atoms in total. The highest BCUT2D eigenvalue weighted by atomic mass is 16.6. The predicted octanol–water partition coefficient (Wildman–Crippen LogP) is 4.26. The van der Waals surface area contributed by atoms with Gasteiger partial charge in [-0.1, -0.05) is 29.6 Å². The first-order valence-electron chi connectivity index (χ1n) is 9.95. The van der Waals surface area contributed by atoms with Gasteiger partial charge in [0.2, 0.25) is 0 Å². The Morgan fingerprint density at radius 3 is 1.75 bits per heavy atom. The van der Waals surface area contributed by atoms with Crippen molar-refractivity contribution in [3.05, 3.63) is 82.4 Å². The van der Waals surface area contributed by atoms with E-state index in [0.29, 0.717) is 36.0 Å². The molecule has 3 aromatic rings. The highest BCUT2D eigenvalue weighted by Crippen LogP contribution is 2.30. The van der Waals surface area contributed by atoms with Gasteiger partial charge in [0.15, 0.2) is 11.5 Å². The second kappa shape index (κ2) is 9.57. The van der Waals surface area contributed by atoms with Crippen molar-refractivity contribution in [1.82, 2.24) is 0 Å². The Morgan fingerprint density at radius 2 is 1.16 bits per heavy atom. The number of hydrogen-bond donors (Lipinski definition) is 0. The number of fused-ring (bicyclic) bond motifs is 1. The summed E-state index contributed by atoms with van der Waals surface area (Å²) in [6, 6.07) is 16.8. The van der Waals surface area contributed by atoms with Gasteiger partial charge in [0, 0.05) is 33.9 Å². The average molecular weight is 420 g/mol. The van der Waals surface area contributed by atoms with E-state index < -0.39 is 0 Å². The fraction of sp³-hybridized carbons (Fsp3) is 0.143. The molecular formula is C28H20O4. The van der Waals surface area contributed by atoms with E-state index in [2.05, 4.69) is 29.6 Å². The zero-order chi connectivity index (χ0) is 22.3. The van der Waals surface area contributed by atoms with Crippen LogP contribution in [0.2, 0.25) is 0 Å². The molecule has 1 aliphatic rings. The van der Waals surface area contributed by atoms with Crippen LogP contribution < -0.4 is 18.9 Å². The fourth-order valence-electron chi connectivity index (χ4n) is 3.14. The quantitative estimate of drug-likeness (QED) is 0.581. The Hall–Kier alpha value is -4.46. The summed E-state index contributed by atoms with van der Waals surface area (Å²) in [5.74, 6) is 18.1. The van der Waals surface area contributed by atoms with E-state index in [-0.39, 0.29) is 0 Å². The first-order valence-corrected chi connectivity index (χ1v) is 9.95. The van der Waals surface area contributed by atoms with Crippen molar-refractivity contribution in [3.8, 4) is 59.0 Å². The molecule has 0 N–H and O–H groups in total. The maximum absolute atomic E-state index is 5.64. The summed E-state index contributed by atoms with van der Waals surface area (Å²) in [5.41, 5.74) is 3.87. The van der Waals surface area contributed by atoms with Crippen LogP contribution in [0.25, 0.3) is 0 Å². The van der Waals surface area contributed by atoms with Gasteiger partial charge in [-0.2, -0.15) is 0 Å². The maximum atomic E-state index is 5.64. The van der Waals surface area contributed by atoms with Gasteiger partial charge in [-0.25, -0.2) is 0 Å². The van der Waals surface area contributed by atoms with Crippen LogP contribution in [0, 0.1) is 36.0 Å². The summed E-state index contributed by atoms with van der Waals surface area (Å²) >= 11 is 0. The van der Waals surface area contributed by atoms with Crippen molar-refractivity contribution >= 4 is 0 Å². The minimum absolute atomic E-state index is 0.537. The molecule has 0 aliphatic carbocycles. The summed E-state index contributed by atoms with van der Waals surface area (Å²) in [6.07, 6.45) is 5.64. The van der Waals surface area contributed by atoms with Gasteiger partial charge in [0.25, 0.3) is 0 Å². The number of hydrogen-bond acceptors (Lipinski definition) is 4. The lowest BCUT2D eigenvalue weighted by Gasteiger charge is -2.17. The SMILES string of the molecule is C#Cc1cc(C#Cc2cc(OC)cc(OC)c2)cc(C#Cc2ccc3c(c2)OCCO3)c1. The smallest absolute Gasteiger partial charge is 0.162 e. The molecule has 1 aliphatic heterocycles. The molecule has 1 heterocycles. The van der Waals surface area contributed by atoms with Gasteiger partial charge >= 0.3 is 0 Å². The van der Waals surface area contributed by atoms with E-state index in [1.165, 1.54) is 0 Å². The summed E-state index contributed by atoms with van der Waals surface area (Å²) in [5, 5.41) is 0. The van der Waals surface area contributed by atoms with Crippen molar-refractivity contribution in [2.24, 2.45) is 0 Å². The van der Waals surface area contributed by atoms with Crippen molar-refractivity contribution in [1.29, 1.82) is 0 Å². The standard InChI is InChI=1S/C28H20O4/c1-4-20-13-22(6-5-21-9-10-27-28(18-21)32-12-11-31-27)15-23(14-20)7-8-24-16-25(29-2)19-26(17-24)30-3/h1,9-10,13-19H,11-12H2,2-3H3. The minimum Gasteiger partial charge on any atom is -0.497 e. The van der Waals surface area contributed by atoms with Gasteiger partial charge in [-0.15, -0.1) is 6.42 Å². The Balaban J connectivity index is 1.64. The monoisotopic (exact) mass is 420 g/mol. The van der Waals surface area contributed by atoms with Crippen LogP contribution in [0.15, 0.2) is 54.6 Å². The predicted molar refractivity (Wildman–Crippen MR) is 123 cm³/mol. The molecule has 0 amide bonds. The lowest BCUT2D eigenvalue weighted by molar-refractivity contribution is 0.171. The molecule has 0 radical (unpaired) electrons. The Labute approximate surface area is 188 Å². The van der Waals surface area contributed by atoms with E-state index in [4.69, 9.17) is 25.4 Å². The first-order chi connectivity index (χ1) is 15.7. The molecule has 0 spiro atoms. The van der Waals surface area contributed by atoms with Crippen LogP contribution in [0.3, 0.4) is 0 Å². The van der Waals surface area contributed by atoms with Gasteiger partial charge < -0.3 is 18.9 Å². The van der Waals surface area contributed by atoms with Crippen LogP contribution in [-0.4, -0.2) is 27.4 Å². The molecule has 0 fully saturated rings. The number of methoxy groups -OCH3 is 2. The normalized spacial score (nSPS) is 11.2. The lowest BCUT2D eigenvalue weighted by atomic mass is 10.1. The average Bonchev–Trinajstić information content (AvgIpc) is 2.85. The van der Waals surface area contributed by atoms with Crippen molar-refractivity contribution in [2.45, 2.75) is 0 Å². The third-order valence-electron chi connectivity index (χ3n) is 4.70. The minimum atomic E-state index is 0.537. The molecule has 4 heteroatoms. The molecule has 156 valence electrons. The molecule has 4 rings (SSSR count). The molecular weight excluding hydrogens is 400 g/mol. The van der Waals surface area contributed by atoms with E-state index in [1.807, 2.05) is 48.5 Å². The Morgan fingerprint density at radius 1 is 0.625 bits per heavy atom. The van der Waals surface area contributed by atoms with E-state index >= 15 is 0 Å². The number of ether oxygens (including phenoxy) is 4. The molecule has 0 aromatic heterocycles. The fourth-order valence-corrected chi connectivity index (χ4v) is 3.14. The summed E-state index contributed by atoms with van der Waals surface area (Å²) in [6.45, 7) is 1.10. The molecule has 0 saturated carbocycles. The molecule has 0 unspecified atom stereocenters. The molecule has 0 bridgehead atoms. The first kappa shape index (κ1) is 20.8. The number of rotatable bonds is 2. The maximum Gasteiger partial charge on any atom is 0.162 e. The third-order valence-corrected chi connectivity index (χ3v) is 4.70. The number of terminal acetylenes is 1. The topological polar surface area (TPSA) is 36.9 Å². The highest BCUT2D eigenvalue weighted by Gasteiger charge is 2.10. The molecule has 32 heavy (non-hydrogen) atoms. The van der Waals surface area contributed by atoms with Crippen LogP contribution in [-0.2, 0) is 0 Å². The van der Waals surface area contributed by atoms with Crippen molar-refractivity contribution < 1.29 is 18.9 Å². The second-order valence-electron chi connectivity index (χ2n) is 6.90. The Kier molecular flexibility index (Phi) is 6.22. The second-order valence-corrected chi connectivity index (χ2v) is 6.90. The van der Waals surface area contributed by atoms with Crippen LogP contribution in [0.5, 0.6) is 23.0 Å². The highest BCUT2D eigenvalue weighted by molar-refractivity contribution is 5.56. The van der Waals surface area contributed by atoms with E-state index in [1.54, 1.807) is 20.3 Å². The van der Waals surface area contributed by atoms with Crippen molar-refractivity contribution in [3.63, 3.8) is 0 Å². The lowest BCUT2D eigenvalue weighted by Crippen LogP contribution is -2.15. The molecule has 3 aromatic carbocycles. The van der Waals surface area contributed by atoms with Gasteiger partial charge in [0.05, 0.1) is 14.2 Å². The van der Waals surface area contributed by atoms with Crippen LogP contribution in [0.1, 0.15) is 27.8 Å². The third kappa shape index (κ3) is 4.99. The molecule has 0 atom stereocenters. The zero-order valence-corrected chi connectivity index (χ0v) is 17.8. The summed E-state index contributed by atoms with van der Waals surface area (Å²) in [7, 11) is 3.21. The molecule has 0 saturated heterocycles.